The van der Waals surface area contributed by atoms with Crippen molar-refractivity contribution in [1.29, 1.82) is 0 Å². The topological polar surface area (TPSA) is 58.2 Å². The van der Waals surface area contributed by atoms with E-state index in [0.717, 1.165) is 24.8 Å². The van der Waals surface area contributed by atoms with E-state index >= 15 is 0 Å². The average molecular weight is 324 g/mol. The summed E-state index contributed by atoms with van der Waals surface area (Å²) in [6, 6.07) is 18.1. The van der Waals surface area contributed by atoms with Crippen molar-refractivity contribution >= 4 is 11.8 Å². The second-order valence-electron chi connectivity index (χ2n) is 5.70. The van der Waals surface area contributed by atoms with E-state index in [1.807, 2.05) is 42.5 Å². The van der Waals surface area contributed by atoms with Crippen LogP contribution in [0.15, 0.2) is 54.6 Å². The standard InChI is InChI=1S/C20H24N2O2/c1-2-16-10-12-18(13-11-16)15-22-20(24)19(23)21-14-6-9-17-7-4-3-5-8-17/h3-5,7-8,10-13H,2,6,9,14-15H2,1H3,(H,21,23)(H,22,24). The van der Waals surface area contributed by atoms with Crippen molar-refractivity contribution in [3.8, 4) is 0 Å². The summed E-state index contributed by atoms with van der Waals surface area (Å²) in [6.07, 6.45) is 2.67. The normalized spacial score (nSPS) is 10.2. The Kier molecular flexibility index (Phi) is 7.02. The minimum Gasteiger partial charge on any atom is -0.348 e. The lowest BCUT2D eigenvalue weighted by atomic mass is 10.1. The molecule has 0 fully saturated rings. The number of nitrogens with one attached hydrogen (secondary N) is 2. The molecule has 126 valence electrons. The molecule has 0 aliphatic rings. The molecule has 0 aliphatic heterocycles. The van der Waals surface area contributed by atoms with E-state index in [9.17, 15) is 9.59 Å². The van der Waals surface area contributed by atoms with Gasteiger partial charge in [0.05, 0.1) is 0 Å². The second-order valence-corrected chi connectivity index (χ2v) is 5.70. The molecule has 0 aromatic heterocycles. The fourth-order valence-corrected chi connectivity index (χ4v) is 2.37. The summed E-state index contributed by atoms with van der Waals surface area (Å²) in [5, 5.41) is 5.30. The largest absolute Gasteiger partial charge is 0.348 e. The molecule has 0 aliphatic carbocycles. The fourth-order valence-electron chi connectivity index (χ4n) is 2.37. The van der Waals surface area contributed by atoms with Gasteiger partial charge in [0.2, 0.25) is 0 Å². The van der Waals surface area contributed by atoms with E-state index in [1.165, 1.54) is 11.1 Å². The van der Waals surface area contributed by atoms with Crippen LogP contribution >= 0.6 is 0 Å². The number of carbonyl (C=O) groups excluding carboxylic acids is 2. The zero-order valence-corrected chi connectivity index (χ0v) is 14.0. The summed E-state index contributed by atoms with van der Waals surface area (Å²) in [4.78, 5) is 23.5. The van der Waals surface area contributed by atoms with Crippen LogP contribution in [0.4, 0.5) is 0 Å². The quantitative estimate of drug-likeness (QED) is 0.607. The average Bonchev–Trinajstić information content (AvgIpc) is 2.64. The van der Waals surface area contributed by atoms with Crippen LogP contribution in [-0.2, 0) is 29.0 Å². The van der Waals surface area contributed by atoms with Gasteiger partial charge in [-0.2, -0.15) is 0 Å². The first-order valence-electron chi connectivity index (χ1n) is 8.37. The molecule has 0 saturated carbocycles. The van der Waals surface area contributed by atoms with Gasteiger partial charge in [-0.15, -0.1) is 0 Å². The molecule has 0 atom stereocenters. The Morgan fingerprint density at radius 3 is 2.08 bits per heavy atom. The summed E-state index contributed by atoms with van der Waals surface area (Å²) in [5.41, 5.74) is 3.46. The highest BCUT2D eigenvalue weighted by Gasteiger charge is 2.11. The van der Waals surface area contributed by atoms with Crippen molar-refractivity contribution in [2.24, 2.45) is 0 Å². The Hall–Kier alpha value is -2.62. The third kappa shape index (κ3) is 5.88. The molecule has 24 heavy (non-hydrogen) atoms. The van der Waals surface area contributed by atoms with Crippen molar-refractivity contribution in [1.82, 2.24) is 10.6 Å². The molecule has 2 aromatic rings. The number of rotatable bonds is 7. The first-order valence-corrected chi connectivity index (χ1v) is 8.37. The highest BCUT2D eigenvalue weighted by molar-refractivity contribution is 6.35. The van der Waals surface area contributed by atoms with E-state index in [4.69, 9.17) is 0 Å². The monoisotopic (exact) mass is 324 g/mol. The highest BCUT2D eigenvalue weighted by atomic mass is 16.2. The fraction of sp³-hybridized carbons (Fsp3) is 0.300. The zero-order chi connectivity index (χ0) is 17.2. The van der Waals surface area contributed by atoms with Gasteiger partial charge in [0.25, 0.3) is 0 Å². The highest BCUT2D eigenvalue weighted by Crippen LogP contribution is 2.04. The van der Waals surface area contributed by atoms with Crippen LogP contribution in [0.3, 0.4) is 0 Å². The van der Waals surface area contributed by atoms with E-state index in [2.05, 4.69) is 29.7 Å². The number of amides is 2. The van der Waals surface area contributed by atoms with Crippen molar-refractivity contribution in [3.05, 3.63) is 71.3 Å². The lowest BCUT2D eigenvalue weighted by Crippen LogP contribution is -2.40. The van der Waals surface area contributed by atoms with Gasteiger partial charge in [-0.1, -0.05) is 61.5 Å². The van der Waals surface area contributed by atoms with Crippen molar-refractivity contribution in [3.63, 3.8) is 0 Å². The van der Waals surface area contributed by atoms with Gasteiger partial charge in [-0.3, -0.25) is 9.59 Å². The Morgan fingerprint density at radius 1 is 0.792 bits per heavy atom. The molecule has 2 N–H and O–H groups in total. The first-order chi connectivity index (χ1) is 11.7. The van der Waals surface area contributed by atoms with Gasteiger partial charge in [0.1, 0.15) is 0 Å². The Balaban J connectivity index is 1.65. The molecule has 4 heteroatoms. The first kappa shape index (κ1) is 17.7. The maximum atomic E-state index is 11.8. The molecule has 0 radical (unpaired) electrons. The van der Waals surface area contributed by atoms with Gasteiger partial charge in [-0.05, 0) is 36.0 Å². The minimum absolute atomic E-state index is 0.361. The molecular weight excluding hydrogens is 300 g/mol. The number of aryl methyl sites for hydroxylation is 2. The number of hydrogen-bond donors (Lipinski definition) is 2. The summed E-state index contributed by atoms with van der Waals surface area (Å²) < 4.78 is 0. The maximum Gasteiger partial charge on any atom is 0.309 e. The minimum atomic E-state index is -0.589. The zero-order valence-electron chi connectivity index (χ0n) is 14.0. The lowest BCUT2D eigenvalue weighted by molar-refractivity contribution is -0.139. The van der Waals surface area contributed by atoms with Gasteiger partial charge in [0.15, 0.2) is 0 Å². The SMILES string of the molecule is CCc1ccc(CNC(=O)C(=O)NCCCc2ccccc2)cc1. The number of hydrogen-bond acceptors (Lipinski definition) is 2. The summed E-state index contributed by atoms with van der Waals surface area (Å²) in [7, 11) is 0. The summed E-state index contributed by atoms with van der Waals surface area (Å²) in [5.74, 6) is -1.16. The lowest BCUT2D eigenvalue weighted by Gasteiger charge is -2.07. The van der Waals surface area contributed by atoms with Crippen LogP contribution < -0.4 is 10.6 Å². The Bertz CT molecular complexity index is 651. The third-order valence-electron chi connectivity index (χ3n) is 3.86. The van der Waals surface area contributed by atoms with Crippen LogP contribution in [0.5, 0.6) is 0 Å². The third-order valence-corrected chi connectivity index (χ3v) is 3.86. The summed E-state index contributed by atoms with van der Waals surface area (Å²) >= 11 is 0. The number of carbonyl (C=O) groups is 2. The van der Waals surface area contributed by atoms with Gasteiger partial charge in [0, 0.05) is 13.1 Å². The predicted octanol–water partition coefficient (Wildman–Crippen LogP) is 2.61. The molecule has 2 rings (SSSR count). The molecule has 2 aromatic carbocycles. The molecule has 0 heterocycles. The molecule has 0 saturated heterocycles. The molecule has 0 bridgehead atoms. The maximum absolute atomic E-state index is 11.8. The van der Waals surface area contributed by atoms with Crippen LogP contribution in [0.2, 0.25) is 0 Å². The Morgan fingerprint density at radius 2 is 1.42 bits per heavy atom. The van der Waals surface area contributed by atoms with E-state index in [-0.39, 0.29) is 0 Å². The second kappa shape index (κ2) is 9.50. The molecule has 4 nitrogen and oxygen atoms in total. The van der Waals surface area contributed by atoms with Crippen molar-refractivity contribution in [2.75, 3.05) is 6.54 Å². The van der Waals surface area contributed by atoms with Crippen LogP contribution in [0.25, 0.3) is 0 Å². The van der Waals surface area contributed by atoms with Gasteiger partial charge in [-0.25, -0.2) is 0 Å². The molecular formula is C20H24N2O2. The van der Waals surface area contributed by atoms with E-state index in [1.54, 1.807) is 0 Å². The van der Waals surface area contributed by atoms with Crippen molar-refractivity contribution in [2.45, 2.75) is 32.7 Å². The molecule has 0 spiro atoms. The van der Waals surface area contributed by atoms with E-state index < -0.39 is 11.8 Å². The van der Waals surface area contributed by atoms with Gasteiger partial charge < -0.3 is 10.6 Å². The predicted molar refractivity (Wildman–Crippen MR) is 95.4 cm³/mol. The van der Waals surface area contributed by atoms with Crippen LogP contribution in [-0.4, -0.2) is 18.4 Å². The number of benzene rings is 2. The summed E-state index contributed by atoms with van der Waals surface area (Å²) in [6.45, 7) is 2.95. The van der Waals surface area contributed by atoms with Gasteiger partial charge >= 0.3 is 11.8 Å². The molecule has 2 amide bonds. The van der Waals surface area contributed by atoms with Crippen molar-refractivity contribution < 1.29 is 9.59 Å². The van der Waals surface area contributed by atoms with Crippen LogP contribution in [0.1, 0.15) is 30.0 Å². The van der Waals surface area contributed by atoms with Crippen LogP contribution in [0, 0.1) is 0 Å². The van der Waals surface area contributed by atoms with E-state index in [0.29, 0.717) is 13.1 Å². The molecule has 0 unspecified atom stereocenters. The smallest absolute Gasteiger partial charge is 0.309 e. The Labute approximate surface area is 143 Å².